The lowest BCUT2D eigenvalue weighted by Crippen LogP contribution is -2.31. The number of nitrogens with two attached hydrogens (primary N) is 1. The van der Waals surface area contributed by atoms with Crippen LogP contribution in [-0.2, 0) is 14.2 Å². The van der Waals surface area contributed by atoms with E-state index in [1.165, 1.54) is 6.42 Å². The van der Waals surface area contributed by atoms with Crippen LogP contribution in [0.2, 0.25) is 0 Å². The van der Waals surface area contributed by atoms with E-state index in [4.69, 9.17) is 19.9 Å². The summed E-state index contributed by atoms with van der Waals surface area (Å²) in [6, 6.07) is 0.249. The van der Waals surface area contributed by atoms with E-state index >= 15 is 0 Å². The van der Waals surface area contributed by atoms with Gasteiger partial charge in [0.25, 0.3) is 0 Å². The lowest BCUT2D eigenvalue weighted by Gasteiger charge is -2.16. The van der Waals surface area contributed by atoms with E-state index in [1.807, 2.05) is 0 Å². The molecule has 1 aliphatic rings. The Kier molecular flexibility index (Phi) is 6.92. The summed E-state index contributed by atoms with van der Waals surface area (Å²) in [6.45, 7) is 2.82. The predicted molar refractivity (Wildman–Crippen MR) is 58.9 cm³/mol. The molecule has 4 nitrogen and oxygen atoms in total. The van der Waals surface area contributed by atoms with Crippen LogP contribution in [0, 0.1) is 0 Å². The van der Waals surface area contributed by atoms with Crippen LogP contribution in [0.5, 0.6) is 0 Å². The molecule has 0 aromatic carbocycles. The first kappa shape index (κ1) is 12.9. The molecular weight excluding hydrogens is 194 g/mol. The molecule has 2 N–H and O–H groups in total. The quantitative estimate of drug-likeness (QED) is 0.615. The van der Waals surface area contributed by atoms with Crippen molar-refractivity contribution in [1.29, 1.82) is 0 Å². The molecule has 0 amide bonds. The third kappa shape index (κ3) is 5.47. The smallest absolute Gasteiger partial charge is 0.0725 e. The maximum atomic E-state index is 5.89. The van der Waals surface area contributed by atoms with Crippen LogP contribution in [-0.4, -0.2) is 45.7 Å². The van der Waals surface area contributed by atoms with Crippen molar-refractivity contribution in [2.75, 3.05) is 33.5 Å². The fourth-order valence-electron chi connectivity index (χ4n) is 1.80. The van der Waals surface area contributed by atoms with Gasteiger partial charge < -0.3 is 19.9 Å². The van der Waals surface area contributed by atoms with Crippen molar-refractivity contribution in [1.82, 2.24) is 0 Å². The van der Waals surface area contributed by atoms with Gasteiger partial charge in [-0.25, -0.2) is 0 Å². The molecule has 0 saturated heterocycles. The van der Waals surface area contributed by atoms with E-state index in [0.717, 1.165) is 32.5 Å². The average Bonchev–Trinajstić information content (AvgIpc) is 2.63. The van der Waals surface area contributed by atoms with Crippen LogP contribution in [0.4, 0.5) is 0 Å². The van der Waals surface area contributed by atoms with Gasteiger partial charge in [-0.3, -0.25) is 0 Å². The van der Waals surface area contributed by atoms with Crippen molar-refractivity contribution < 1.29 is 14.2 Å². The molecule has 0 radical (unpaired) electrons. The Morgan fingerprint density at radius 3 is 2.67 bits per heavy atom. The van der Waals surface area contributed by atoms with Crippen LogP contribution in [0.3, 0.4) is 0 Å². The highest BCUT2D eigenvalue weighted by atomic mass is 16.5. The maximum absolute atomic E-state index is 5.89. The highest BCUT2D eigenvalue weighted by molar-refractivity contribution is 4.80. The molecule has 0 heterocycles. The molecule has 90 valence electrons. The summed E-state index contributed by atoms with van der Waals surface area (Å²) < 4.78 is 15.9. The molecule has 0 aromatic heterocycles. The molecule has 1 aliphatic carbocycles. The van der Waals surface area contributed by atoms with Crippen molar-refractivity contribution in [3.8, 4) is 0 Å². The number of hydrogen-bond acceptors (Lipinski definition) is 4. The maximum Gasteiger partial charge on any atom is 0.0725 e. The zero-order valence-corrected chi connectivity index (χ0v) is 9.61. The molecule has 0 bridgehead atoms. The van der Waals surface area contributed by atoms with Gasteiger partial charge in [-0.1, -0.05) is 0 Å². The van der Waals surface area contributed by atoms with E-state index in [-0.39, 0.29) is 12.1 Å². The lowest BCUT2D eigenvalue weighted by molar-refractivity contribution is 0.0207. The summed E-state index contributed by atoms with van der Waals surface area (Å²) in [4.78, 5) is 0. The second-order valence-electron chi connectivity index (χ2n) is 3.96. The third-order valence-electron chi connectivity index (χ3n) is 2.70. The van der Waals surface area contributed by atoms with Gasteiger partial charge >= 0.3 is 0 Å². The first-order valence-electron chi connectivity index (χ1n) is 5.78. The number of rotatable bonds is 8. The second-order valence-corrected chi connectivity index (χ2v) is 3.96. The molecule has 15 heavy (non-hydrogen) atoms. The van der Waals surface area contributed by atoms with Gasteiger partial charge in [-0.15, -0.1) is 0 Å². The van der Waals surface area contributed by atoms with Crippen molar-refractivity contribution in [3.05, 3.63) is 0 Å². The minimum Gasteiger partial charge on any atom is -0.382 e. The summed E-state index contributed by atoms with van der Waals surface area (Å²) in [5, 5.41) is 0. The Morgan fingerprint density at radius 2 is 2.00 bits per heavy atom. The van der Waals surface area contributed by atoms with Crippen LogP contribution in [0.15, 0.2) is 0 Å². The lowest BCUT2D eigenvalue weighted by atomic mass is 10.2. The number of methoxy groups -OCH3 is 1. The van der Waals surface area contributed by atoms with E-state index in [1.54, 1.807) is 7.11 Å². The van der Waals surface area contributed by atoms with Gasteiger partial charge in [-0.05, 0) is 25.7 Å². The topological polar surface area (TPSA) is 53.7 Å². The van der Waals surface area contributed by atoms with Crippen LogP contribution in [0.1, 0.15) is 25.7 Å². The monoisotopic (exact) mass is 217 g/mol. The van der Waals surface area contributed by atoms with E-state index in [9.17, 15) is 0 Å². The van der Waals surface area contributed by atoms with Crippen molar-refractivity contribution in [3.63, 3.8) is 0 Å². The van der Waals surface area contributed by atoms with E-state index < -0.39 is 0 Å². The fraction of sp³-hybridized carbons (Fsp3) is 1.00. The van der Waals surface area contributed by atoms with E-state index in [0.29, 0.717) is 13.2 Å². The largest absolute Gasteiger partial charge is 0.382 e. The zero-order valence-electron chi connectivity index (χ0n) is 9.61. The minimum absolute atomic E-state index is 0.249. The Bertz CT molecular complexity index is 155. The molecular formula is C11H23NO3. The average molecular weight is 217 g/mol. The van der Waals surface area contributed by atoms with Crippen LogP contribution in [0.25, 0.3) is 0 Å². The highest BCUT2D eigenvalue weighted by Crippen LogP contribution is 2.20. The fourth-order valence-corrected chi connectivity index (χ4v) is 1.80. The molecule has 1 saturated carbocycles. The van der Waals surface area contributed by atoms with Crippen molar-refractivity contribution in [2.24, 2.45) is 5.73 Å². The van der Waals surface area contributed by atoms with Gasteiger partial charge in [0.1, 0.15) is 0 Å². The highest BCUT2D eigenvalue weighted by Gasteiger charge is 2.23. The predicted octanol–water partition coefficient (Wildman–Crippen LogP) is 0.936. The molecule has 2 atom stereocenters. The van der Waals surface area contributed by atoms with Gasteiger partial charge in [0.2, 0.25) is 0 Å². The minimum atomic E-state index is 0.249. The standard InChI is InChI=1S/C11H23NO3/c1-13-8-9-14-6-3-7-15-11-5-2-4-10(11)12/h10-11H,2-9,12H2,1H3. The summed E-state index contributed by atoms with van der Waals surface area (Å²) in [5.41, 5.74) is 5.89. The Hall–Kier alpha value is -0.160. The first-order chi connectivity index (χ1) is 7.34. The molecule has 0 aliphatic heterocycles. The van der Waals surface area contributed by atoms with Gasteiger partial charge in [0, 0.05) is 26.4 Å². The Labute approximate surface area is 92.1 Å². The van der Waals surface area contributed by atoms with Crippen LogP contribution < -0.4 is 5.73 Å². The Morgan fingerprint density at radius 1 is 1.13 bits per heavy atom. The Balaban J connectivity index is 1.84. The molecule has 2 unspecified atom stereocenters. The third-order valence-corrected chi connectivity index (χ3v) is 2.70. The summed E-state index contributed by atoms with van der Waals surface area (Å²) in [5.74, 6) is 0. The summed E-state index contributed by atoms with van der Waals surface area (Å²) in [6.07, 6.45) is 4.65. The van der Waals surface area contributed by atoms with Gasteiger partial charge in [0.15, 0.2) is 0 Å². The van der Waals surface area contributed by atoms with Crippen LogP contribution >= 0.6 is 0 Å². The summed E-state index contributed by atoms with van der Waals surface area (Å²) in [7, 11) is 1.67. The zero-order chi connectivity index (χ0) is 10.9. The molecule has 1 fully saturated rings. The second kappa shape index (κ2) is 8.05. The molecule has 4 heteroatoms. The van der Waals surface area contributed by atoms with Gasteiger partial charge in [-0.2, -0.15) is 0 Å². The van der Waals surface area contributed by atoms with E-state index in [2.05, 4.69) is 0 Å². The number of hydrogen-bond donors (Lipinski definition) is 1. The summed E-state index contributed by atoms with van der Waals surface area (Å²) >= 11 is 0. The van der Waals surface area contributed by atoms with Gasteiger partial charge in [0.05, 0.1) is 19.3 Å². The molecule has 0 aromatic rings. The van der Waals surface area contributed by atoms with Crippen molar-refractivity contribution >= 4 is 0 Å². The van der Waals surface area contributed by atoms with Crippen molar-refractivity contribution in [2.45, 2.75) is 37.8 Å². The number of ether oxygens (including phenoxy) is 3. The SMILES string of the molecule is COCCOCCCOC1CCCC1N. The first-order valence-corrected chi connectivity index (χ1v) is 5.78. The molecule has 0 spiro atoms. The normalized spacial score (nSPS) is 26.0. The molecule has 1 rings (SSSR count).